The third-order valence-electron chi connectivity index (χ3n) is 3.65. The second kappa shape index (κ2) is 7.53. The van der Waals surface area contributed by atoms with Crippen LogP contribution in [0.5, 0.6) is 5.75 Å². The van der Waals surface area contributed by atoms with Crippen molar-refractivity contribution in [1.29, 1.82) is 0 Å². The summed E-state index contributed by atoms with van der Waals surface area (Å²) in [7, 11) is 1.65. The minimum atomic E-state index is 0.691. The molecule has 1 heterocycles. The number of rotatable bonds is 5. The molecule has 2 N–H and O–H groups in total. The van der Waals surface area contributed by atoms with E-state index in [1.165, 1.54) is 0 Å². The number of benzene rings is 2. The molecule has 0 amide bonds. The van der Waals surface area contributed by atoms with Gasteiger partial charge in [-0.3, -0.25) is 0 Å². The van der Waals surface area contributed by atoms with Gasteiger partial charge in [-0.25, -0.2) is 9.97 Å². The maximum atomic E-state index is 5.18. The van der Waals surface area contributed by atoms with E-state index < -0.39 is 0 Å². The van der Waals surface area contributed by atoms with Crippen LogP contribution in [0.1, 0.15) is 11.4 Å². The van der Waals surface area contributed by atoms with Gasteiger partial charge >= 0.3 is 0 Å². The van der Waals surface area contributed by atoms with Crippen molar-refractivity contribution in [2.24, 2.45) is 0 Å². The van der Waals surface area contributed by atoms with Gasteiger partial charge in [-0.05, 0) is 61.9 Å². The minimum Gasteiger partial charge on any atom is -0.497 e. The van der Waals surface area contributed by atoms with Crippen molar-refractivity contribution in [2.75, 3.05) is 17.7 Å². The fraction of sp³-hybridized carbons (Fsp3) is 0.158. The smallest absolute Gasteiger partial charge is 0.136 e. The summed E-state index contributed by atoms with van der Waals surface area (Å²) >= 11 is 3.48. The Hall–Kier alpha value is -2.60. The number of aromatic nitrogens is 2. The molecule has 0 unspecified atom stereocenters. The SMILES string of the molecule is COc1ccc(Nc2cc(Nc3ccc(Br)cc3C)nc(C)n2)cc1. The molecule has 0 aliphatic rings. The van der Waals surface area contributed by atoms with Gasteiger partial charge in [0.2, 0.25) is 0 Å². The number of ether oxygens (including phenoxy) is 1. The highest BCUT2D eigenvalue weighted by atomic mass is 79.9. The zero-order valence-corrected chi connectivity index (χ0v) is 15.9. The van der Waals surface area contributed by atoms with E-state index in [1.807, 2.05) is 49.4 Å². The molecule has 0 atom stereocenters. The molecular weight excluding hydrogens is 380 g/mol. The van der Waals surface area contributed by atoms with Crippen molar-refractivity contribution in [1.82, 2.24) is 9.97 Å². The zero-order valence-electron chi connectivity index (χ0n) is 14.3. The summed E-state index contributed by atoms with van der Waals surface area (Å²) in [4.78, 5) is 8.92. The molecule has 3 aromatic rings. The molecule has 2 aromatic carbocycles. The Morgan fingerprint density at radius 3 is 2.20 bits per heavy atom. The topological polar surface area (TPSA) is 59.1 Å². The highest BCUT2D eigenvalue weighted by Crippen LogP contribution is 2.25. The summed E-state index contributed by atoms with van der Waals surface area (Å²) in [5.41, 5.74) is 3.08. The molecule has 0 fully saturated rings. The molecule has 25 heavy (non-hydrogen) atoms. The molecule has 0 saturated heterocycles. The summed E-state index contributed by atoms with van der Waals surface area (Å²) in [6.45, 7) is 3.93. The van der Waals surface area contributed by atoms with Gasteiger partial charge in [0, 0.05) is 21.9 Å². The number of halogens is 1. The fourth-order valence-corrected chi connectivity index (χ4v) is 2.90. The molecule has 0 aliphatic carbocycles. The summed E-state index contributed by atoms with van der Waals surface area (Å²) in [6.07, 6.45) is 0. The lowest BCUT2D eigenvalue weighted by molar-refractivity contribution is 0.415. The van der Waals surface area contributed by atoms with Crippen LogP contribution in [-0.4, -0.2) is 17.1 Å². The van der Waals surface area contributed by atoms with Gasteiger partial charge in [-0.2, -0.15) is 0 Å². The van der Waals surface area contributed by atoms with E-state index in [0.29, 0.717) is 5.82 Å². The largest absolute Gasteiger partial charge is 0.497 e. The Labute approximate surface area is 155 Å². The maximum Gasteiger partial charge on any atom is 0.136 e. The van der Waals surface area contributed by atoms with Crippen molar-refractivity contribution in [3.8, 4) is 5.75 Å². The molecule has 3 rings (SSSR count). The number of nitrogens with one attached hydrogen (secondary N) is 2. The number of anilines is 4. The van der Waals surface area contributed by atoms with E-state index in [4.69, 9.17) is 4.74 Å². The Balaban J connectivity index is 1.82. The Morgan fingerprint density at radius 1 is 0.880 bits per heavy atom. The van der Waals surface area contributed by atoms with Crippen LogP contribution in [0.4, 0.5) is 23.0 Å². The van der Waals surface area contributed by atoms with Gasteiger partial charge in [0.15, 0.2) is 0 Å². The molecule has 0 radical (unpaired) electrons. The Morgan fingerprint density at radius 2 is 1.56 bits per heavy atom. The minimum absolute atomic E-state index is 0.691. The van der Waals surface area contributed by atoms with Crippen LogP contribution >= 0.6 is 15.9 Å². The van der Waals surface area contributed by atoms with Gasteiger partial charge in [0.25, 0.3) is 0 Å². The highest BCUT2D eigenvalue weighted by molar-refractivity contribution is 9.10. The summed E-state index contributed by atoms with van der Waals surface area (Å²) in [5.74, 6) is 2.98. The molecule has 1 aromatic heterocycles. The van der Waals surface area contributed by atoms with Gasteiger partial charge < -0.3 is 15.4 Å². The van der Waals surface area contributed by atoms with E-state index in [-0.39, 0.29) is 0 Å². The van der Waals surface area contributed by atoms with Crippen LogP contribution < -0.4 is 15.4 Å². The van der Waals surface area contributed by atoms with Gasteiger partial charge in [-0.1, -0.05) is 15.9 Å². The van der Waals surface area contributed by atoms with Gasteiger partial charge in [0.1, 0.15) is 23.2 Å². The normalized spacial score (nSPS) is 10.4. The van der Waals surface area contributed by atoms with Gasteiger partial charge in [-0.15, -0.1) is 0 Å². The first kappa shape index (κ1) is 17.2. The second-order valence-electron chi connectivity index (χ2n) is 5.62. The standard InChI is InChI=1S/C19H19BrN4O/c1-12-10-14(20)4-9-17(12)24-19-11-18(21-13(2)22-19)23-15-5-7-16(25-3)8-6-15/h4-11H,1-3H3,(H2,21,22,23,24). The third kappa shape index (κ3) is 4.48. The predicted octanol–water partition coefficient (Wildman–Crippen LogP) is 5.35. The lowest BCUT2D eigenvalue weighted by Crippen LogP contribution is -2.02. The zero-order chi connectivity index (χ0) is 17.8. The van der Waals surface area contributed by atoms with Crippen LogP contribution in [0.15, 0.2) is 53.0 Å². The Kier molecular flexibility index (Phi) is 5.19. The fourth-order valence-electron chi connectivity index (χ4n) is 2.42. The number of hydrogen-bond donors (Lipinski definition) is 2. The molecule has 0 saturated carbocycles. The number of nitrogens with zero attached hydrogens (tertiary/aromatic N) is 2. The summed E-state index contributed by atoms with van der Waals surface area (Å²) < 4.78 is 6.23. The van der Waals surface area contributed by atoms with E-state index >= 15 is 0 Å². The first-order valence-corrected chi connectivity index (χ1v) is 8.63. The van der Waals surface area contributed by atoms with Crippen LogP contribution in [-0.2, 0) is 0 Å². The van der Waals surface area contributed by atoms with E-state index in [9.17, 15) is 0 Å². The van der Waals surface area contributed by atoms with Gasteiger partial charge in [0.05, 0.1) is 7.11 Å². The molecular formula is C19H19BrN4O. The van der Waals surface area contributed by atoms with Crippen molar-refractivity contribution in [3.63, 3.8) is 0 Å². The number of aryl methyl sites for hydroxylation is 2. The molecule has 0 aliphatic heterocycles. The second-order valence-corrected chi connectivity index (χ2v) is 6.54. The van der Waals surface area contributed by atoms with E-state index in [0.717, 1.165) is 38.8 Å². The predicted molar refractivity (Wildman–Crippen MR) is 105 cm³/mol. The maximum absolute atomic E-state index is 5.18. The van der Waals surface area contributed by atoms with E-state index in [2.05, 4.69) is 49.5 Å². The molecule has 6 heteroatoms. The summed E-state index contributed by atoms with van der Waals surface area (Å²) in [6, 6.07) is 15.7. The first-order chi connectivity index (χ1) is 12.0. The van der Waals surface area contributed by atoms with E-state index in [1.54, 1.807) is 7.11 Å². The van der Waals surface area contributed by atoms with Crippen molar-refractivity contribution in [2.45, 2.75) is 13.8 Å². The molecule has 128 valence electrons. The Bertz CT molecular complexity index is 881. The quantitative estimate of drug-likeness (QED) is 0.606. The monoisotopic (exact) mass is 398 g/mol. The van der Waals surface area contributed by atoms with Crippen molar-refractivity contribution < 1.29 is 4.74 Å². The van der Waals surface area contributed by atoms with Crippen LogP contribution in [0.25, 0.3) is 0 Å². The summed E-state index contributed by atoms with van der Waals surface area (Å²) in [5, 5.41) is 6.64. The first-order valence-electron chi connectivity index (χ1n) is 7.83. The van der Waals surface area contributed by atoms with Crippen LogP contribution in [0, 0.1) is 13.8 Å². The highest BCUT2D eigenvalue weighted by Gasteiger charge is 2.05. The number of methoxy groups -OCH3 is 1. The van der Waals surface area contributed by atoms with Crippen molar-refractivity contribution >= 4 is 38.9 Å². The lowest BCUT2D eigenvalue weighted by Gasteiger charge is -2.12. The average Bonchev–Trinajstić information content (AvgIpc) is 2.58. The van der Waals surface area contributed by atoms with Crippen LogP contribution in [0.2, 0.25) is 0 Å². The molecule has 5 nitrogen and oxygen atoms in total. The average molecular weight is 399 g/mol. The van der Waals surface area contributed by atoms with Crippen molar-refractivity contribution in [3.05, 3.63) is 64.4 Å². The molecule has 0 spiro atoms. The lowest BCUT2D eigenvalue weighted by atomic mass is 10.2. The third-order valence-corrected chi connectivity index (χ3v) is 4.14. The van der Waals surface area contributed by atoms with Crippen LogP contribution in [0.3, 0.4) is 0 Å². The number of hydrogen-bond acceptors (Lipinski definition) is 5. The molecule has 0 bridgehead atoms.